The summed E-state index contributed by atoms with van der Waals surface area (Å²) >= 11 is 3.44. The summed E-state index contributed by atoms with van der Waals surface area (Å²) < 4.78 is 2.09. The third-order valence-corrected chi connectivity index (χ3v) is 4.98. The Kier molecular flexibility index (Phi) is 4.14. The standard InChI is InChI=1S/C14H18N4S2/c1-3-4-15-12(13-8-16-10(2)20-13)7-11-9-18-5-6-19-14(18)17-11/h5-6,8-9,12,15H,3-4,7H2,1-2H3. The smallest absolute Gasteiger partial charge is 0.193 e. The van der Waals surface area contributed by atoms with Crippen LogP contribution in [0.2, 0.25) is 0 Å². The largest absolute Gasteiger partial charge is 0.309 e. The molecule has 0 saturated carbocycles. The van der Waals surface area contributed by atoms with Crippen LogP contribution in [0.15, 0.2) is 24.0 Å². The molecule has 20 heavy (non-hydrogen) atoms. The molecule has 3 rings (SSSR count). The van der Waals surface area contributed by atoms with E-state index < -0.39 is 0 Å². The minimum atomic E-state index is 0.311. The highest BCUT2D eigenvalue weighted by atomic mass is 32.1. The Balaban J connectivity index is 1.80. The van der Waals surface area contributed by atoms with Crippen LogP contribution in [0.25, 0.3) is 4.96 Å². The number of fused-ring (bicyclic) bond motifs is 1. The summed E-state index contributed by atoms with van der Waals surface area (Å²) in [5.74, 6) is 0. The van der Waals surface area contributed by atoms with E-state index in [1.165, 1.54) is 4.88 Å². The molecule has 6 heteroatoms. The first-order valence-electron chi connectivity index (χ1n) is 6.83. The van der Waals surface area contributed by atoms with Crippen LogP contribution in [0.5, 0.6) is 0 Å². The number of nitrogens with zero attached hydrogens (tertiary/aromatic N) is 3. The van der Waals surface area contributed by atoms with Crippen molar-refractivity contribution in [1.29, 1.82) is 0 Å². The first-order valence-corrected chi connectivity index (χ1v) is 8.52. The van der Waals surface area contributed by atoms with Gasteiger partial charge in [-0.3, -0.25) is 4.40 Å². The lowest BCUT2D eigenvalue weighted by atomic mass is 10.1. The molecule has 1 N–H and O–H groups in total. The molecule has 4 nitrogen and oxygen atoms in total. The zero-order chi connectivity index (χ0) is 13.9. The van der Waals surface area contributed by atoms with Crippen molar-refractivity contribution in [3.8, 4) is 0 Å². The quantitative estimate of drug-likeness (QED) is 0.758. The topological polar surface area (TPSA) is 42.2 Å². The molecule has 106 valence electrons. The van der Waals surface area contributed by atoms with Gasteiger partial charge in [-0.25, -0.2) is 9.97 Å². The summed E-state index contributed by atoms with van der Waals surface area (Å²) in [6.07, 6.45) is 8.22. The van der Waals surface area contributed by atoms with E-state index in [0.717, 1.165) is 35.0 Å². The molecule has 3 aromatic heterocycles. The zero-order valence-corrected chi connectivity index (χ0v) is 13.3. The van der Waals surface area contributed by atoms with Gasteiger partial charge < -0.3 is 5.32 Å². The van der Waals surface area contributed by atoms with Gasteiger partial charge in [0.2, 0.25) is 0 Å². The second-order valence-corrected chi connectivity index (χ2v) is 6.96. The summed E-state index contributed by atoms with van der Waals surface area (Å²) in [7, 11) is 0. The highest BCUT2D eigenvalue weighted by molar-refractivity contribution is 7.15. The van der Waals surface area contributed by atoms with Crippen molar-refractivity contribution in [3.63, 3.8) is 0 Å². The van der Waals surface area contributed by atoms with Crippen molar-refractivity contribution in [3.05, 3.63) is 39.5 Å². The molecule has 0 saturated heterocycles. The Morgan fingerprint density at radius 2 is 2.35 bits per heavy atom. The number of aryl methyl sites for hydroxylation is 1. The van der Waals surface area contributed by atoms with Gasteiger partial charge in [-0.1, -0.05) is 6.92 Å². The van der Waals surface area contributed by atoms with Crippen LogP contribution in [0.4, 0.5) is 0 Å². The molecule has 0 aliphatic carbocycles. The van der Waals surface area contributed by atoms with Gasteiger partial charge in [-0.05, 0) is 19.9 Å². The lowest BCUT2D eigenvalue weighted by Crippen LogP contribution is -2.23. The maximum absolute atomic E-state index is 4.68. The summed E-state index contributed by atoms with van der Waals surface area (Å²) in [5.41, 5.74) is 1.14. The van der Waals surface area contributed by atoms with E-state index in [0.29, 0.717) is 6.04 Å². The van der Waals surface area contributed by atoms with Gasteiger partial charge in [0.05, 0.1) is 10.7 Å². The normalized spacial score (nSPS) is 13.1. The van der Waals surface area contributed by atoms with E-state index in [1.807, 2.05) is 6.20 Å². The number of nitrogens with one attached hydrogen (secondary N) is 1. The zero-order valence-electron chi connectivity index (χ0n) is 11.7. The summed E-state index contributed by atoms with van der Waals surface area (Å²) in [4.78, 5) is 11.4. The minimum Gasteiger partial charge on any atom is -0.309 e. The molecule has 0 aromatic carbocycles. The molecular weight excluding hydrogens is 288 g/mol. The van der Waals surface area contributed by atoms with E-state index in [1.54, 1.807) is 22.7 Å². The average Bonchev–Trinajstić information content (AvgIpc) is 3.09. The Labute approximate surface area is 126 Å². The average molecular weight is 306 g/mol. The van der Waals surface area contributed by atoms with E-state index in [9.17, 15) is 0 Å². The third-order valence-electron chi connectivity index (χ3n) is 3.18. The van der Waals surface area contributed by atoms with Gasteiger partial charge in [0, 0.05) is 41.3 Å². The van der Waals surface area contributed by atoms with Crippen molar-refractivity contribution in [2.24, 2.45) is 0 Å². The van der Waals surface area contributed by atoms with Crippen LogP contribution in [-0.4, -0.2) is 20.9 Å². The monoisotopic (exact) mass is 306 g/mol. The number of hydrogen-bond acceptors (Lipinski definition) is 5. The molecule has 1 unspecified atom stereocenters. The number of hydrogen-bond donors (Lipinski definition) is 1. The highest BCUT2D eigenvalue weighted by Crippen LogP contribution is 2.24. The molecule has 0 aliphatic heterocycles. The molecule has 0 bridgehead atoms. The van der Waals surface area contributed by atoms with E-state index in [4.69, 9.17) is 0 Å². The van der Waals surface area contributed by atoms with Gasteiger partial charge >= 0.3 is 0 Å². The van der Waals surface area contributed by atoms with E-state index >= 15 is 0 Å². The maximum atomic E-state index is 4.68. The molecule has 3 heterocycles. The molecule has 0 fully saturated rings. The molecule has 0 amide bonds. The summed E-state index contributed by atoms with van der Waals surface area (Å²) in [6, 6.07) is 0.311. The van der Waals surface area contributed by atoms with Crippen LogP contribution < -0.4 is 5.32 Å². The molecule has 1 atom stereocenters. The molecule has 3 aromatic rings. The Morgan fingerprint density at radius 3 is 3.05 bits per heavy atom. The SMILES string of the molecule is CCCNC(Cc1cn2ccsc2n1)c1cnc(C)s1. The molecule has 0 spiro atoms. The maximum Gasteiger partial charge on any atom is 0.193 e. The summed E-state index contributed by atoms with van der Waals surface area (Å²) in [5, 5.41) is 6.79. The van der Waals surface area contributed by atoms with Crippen molar-refractivity contribution >= 4 is 27.6 Å². The fourth-order valence-electron chi connectivity index (χ4n) is 2.21. The number of aromatic nitrogens is 3. The molecule has 0 radical (unpaired) electrons. The van der Waals surface area contributed by atoms with Crippen LogP contribution in [-0.2, 0) is 6.42 Å². The van der Waals surface area contributed by atoms with Gasteiger partial charge in [-0.2, -0.15) is 0 Å². The lowest BCUT2D eigenvalue weighted by molar-refractivity contribution is 0.532. The first-order chi connectivity index (χ1) is 9.76. The Morgan fingerprint density at radius 1 is 1.45 bits per heavy atom. The van der Waals surface area contributed by atoms with Crippen LogP contribution in [0.3, 0.4) is 0 Å². The molecular formula is C14H18N4S2. The number of imidazole rings is 1. The van der Waals surface area contributed by atoms with Crippen molar-refractivity contribution in [1.82, 2.24) is 19.7 Å². The van der Waals surface area contributed by atoms with Crippen LogP contribution >= 0.6 is 22.7 Å². The Hall–Kier alpha value is -1.24. The summed E-state index contributed by atoms with van der Waals surface area (Å²) in [6.45, 7) is 5.26. The first kappa shape index (κ1) is 13.7. The lowest BCUT2D eigenvalue weighted by Gasteiger charge is -2.15. The van der Waals surface area contributed by atoms with Crippen LogP contribution in [0, 0.1) is 6.92 Å². The fraction of sp³-hybridized carbons (Fsp3) is 0.429. The van der Waals surface area contributed by atoms with Gasteiger partial charge in [0.15, 0.2) is 4.96 Å². The number of thiazole rings is 2. The second kappa shape index (κ2) is 6.03. The van der Waals surface area contributed by atoms with Gasteiger partial charge in [0.25, 0.3) is 0 Å². The van der Waals surface area contributed by atoms with E-state index in [-0.39, 0.29) is 0 Å². The third kappa shape index (κ3) is 2.92. The van der Waals surface area contributed by atoms with Crippen molar-refractivity contribution in [2.45, 2.75) is 32.7 Å². The molecule has 0 aliphatic rings. The highest BCUT2D eigenvalue weighted by Gasteiger charge is 2.16. The number of rotatable bonds is 6. The van der Waals surface area contributed by atoms with Crippen LogP contribution in [0.1, 0.15) is 35.0 Å². The second-order valence-electron chi connectivity index (χ2n) is 4.82. The predicted molar refractivity (Wildman–Crippen MR) is 84.7 cm³/mol. The van der Waals surface area contributed by atoms with E-state index in [2.05, 4.69) is 51.3 Å². The fourth-order valence-corrected chi connectivity index (χ4v) is 3.79. The van der Waals surface area contributed by atoms with Gasteiger partial charge in [0.1, 0.15) is 0 Å². The van der Waals surface area contributed by atoms with Crippen molar-refractivity contribution < 1.29 is 0 Å². The van der Waals surface area contributed by atoms with Gasteiger partial charge in [-0.15, -0.1) is 22.7 Å². The Bertz CT molecular complexity index is 654. The predicted octanol–water partition coefficient (Wildman–Crippen LogP) is 3.44. The minimum absolute atomic E-state index is 0.311. The van der Waals surface area contributed by atoms with Crippen molar-refractivity contribution in [2.75, 3.05) is 6.54 Å².